The van der Waals surface area contributed by atoms with Crippen LogP contribution in [0.3, 0.4) is 0 Å². The molecule has 4 rings (SSSR count). The van der Waals surface area contributed by atoms with Crippen LogP contribution in [0.2, 0.25) is 0 Å². The molecule has 0 atom stereocenters. The molecule has 0 fully saturated rings. The Morgan fingerprint density at radius 1 is 1.10 bits per heavy atom. The molecule has 0 aliphatic heterocycles. The largest absolute Gasteiger partial charge is 0.298 e. The number of carbonyl (C=O) groups excluding carboxylic acids is 1. The first-order valence-corrected chi connectivity index (χ1v) is 9.92. The molecule has 0 spiro atoms. The van der Waals surface area contributed by atoms with Crippen LogP contribution in [-0.2, 0) is 19.3 Å². The molecule has 3 aromatic rings. The summed E-state index contributed by atoms with van der Waals surface area (Å²) in [6.45, 7) is 3.98. The predicted octanol–water partition coefficient (Wildman–Crippen LogP) is 5.42. The van der Waals surface area contributed by atoms with Gasteiger partial charge >= 0.3 is 0 Å². The number of halogens is 1. The molecule has 0 N–H and O–H groups in total. The summed E-state index contributed by atoms with van der Waals surface area (Å²) in [5.74, 6) is -0.307. The van der Waals surface area contributed by atoms with Crippen LogP contribution in [0.1, 0.15) is 58.2 Å². The molecule has 2 aromatic carbocycles. The van der Waals surface area contributed by atoms with Gasteiger partial charge in [-0.15, -0.1) is 0 Å². The SMILES string of the molecule is CC(C)c1nc2c(c(-c3ccc(F)cc3)c1C=O)Cc1cc([N+](=O)[O-])ccc1CC2. The fourth-order valence-corrected chi connectivity index (χ4v) is 4.19. The molecule has 1 heterocycles. The average molecular weight is 404 g/mol. The van der Waals surface area contributed by atoms with Crippen LogP contribution in [-0.4, -0.2) is 16.2 Å². The maximum atomic E-state index is 13.6. The maximum Gasteiger partial charge on any atom is 0.269 e. The summed E-state index contributed by atoms with van der Waals surface area (Å²) in [6, 6.07) is 11.0. The number of pyridine rings is 1. The third-order valence-corrected chi connectivity index (χ3v) is 5.65. The van der Waals surface area contributed by atoms with Gasteiger partial charge in [0.2, 0.25) is 0 Å². The van der Waals surface area contributed by atoms with Crippen molar-refractivity contribution in [1.29, 1.82) is 0 Å². The van der Waals surface area contributed by atoms with Gasteiger partial charge in [-0.1, -0.05) is 32.0 Å². The monoisotopic (exact) mass is 404 g/mol. The molecule has 30 heavy (non-hydrogen) atoms. The van der Waals surface area contributed by atoms with Crippen molar-refractivity contribution in [3.8, 4) is 11.1 Å². The smallest absolute Gasteiger partial charge is 0.269 e. The minimum atomic E-state index is -0.399. The summed E-state index contributed by atoms with van der Waals surface area (Å²) >= 11 is 0. The van der Waals surface area contributed by atoms with Gasteiger partial charge in [0, 0.05) is 29.8 Å². The number of hydrogen-bond donors (Lipinski definition) is 0. The number of nitro benzene ring substituents is 1. The molecule has 0 saturated heterocycles. The lowest BCUT2D eigenvalue weighted by molar-refractivity contribution is -0.384. The summed E-state index contributed by atoms with van der Waals surface area (Å²) in [6.07, 6.45) is 2.65. The van der Waals surface area contributed by atoms with Gasteiger partial charge in [-0.3, -0.25) is 19.9 Å². The van der Waals surface area contributed by atoms with E-state index in [1.54, 1.807) is 24.3 Å². The number of non-ortho nitro benzene ring substituents is 1. The van der Waals surface area contributed by atoms with E-state index in [-0.39, 0.29) is 17.4 Å². The Morgan fingerprint density at radius 2 is 1.83 bits per heavy atom. The van der Waals surface area contributed by atoms with Gasteiger partial charge in [0.05, 0.1) is 10.6 Å². The number of benzene rings is 2. The van der Waals surface area contributed by atoms with Crippen molar-refractivity contribution in [3.05, 3.63) is 92.0 Å². The van der Waals surface area contributed by atoms with E-state index < -0.39 is 4.92 Å². The minimum Gasteiger partial charge on any atom is -0.298 e. The molecular formula is C24H21FN2O3. The second-order valence-electron chi connectivity index (χ2n) is 7.88. The zero-order chi connectivity index (χ0) is 21.4. The van der Waals surface area contributed by atoms with Gasteiger partial charge in [-0.25, -0.2) is 4.39 Å². The molecule has 152 valence electrons. The topological polar surface area (TPSA) is 73.1 Å². The van der Waals surface area contributed by atoms with Crippen molar-refractivity contribution in [2.75, 3.05) is 0 Å². The van der Waals surface area contributed by atoms with Gasteiger partial charge in [0.25, 0.3) is 5.69 Å². The first-order valence-electron chi connectivity index (χ1n) is 9.92. The Balaban J connectivity index is 1.99. The Bertz CT molecular complexity index is 1150. The standard InChI is InChI=1S/C24H21FN2O3/c1-14(2)24-21(13-28)23(16-3-7-18(25)8-4-16)20-12-17-11-19(27(29)30)9-5-15(17)6-10-22(20)26-24/h3-5,7-9,11,13-14H,6,10,12H2,1-2H3. The van der Waals surface area contributed by atoms with Crippen molar-refractivity contribution < 1.29 is 14.1 Å². The summed E-state index contributed by atoms with van der Waals surface area (Å²) in [5.41, 5.74) is 6.44. The highest BCUT2D eigenvalue weighted by Gasteiger charge is 2.25. The summed E-state index contributed by atoms with van der Waals surface area (Å²) in [4.78, 5) is 27.9. The number of aldehydes is 1. The van der Waals surface area contributed by atoms with E-state index in [9.17, 15) is 19.3 Å². The van der Waals surface area contributed by atoms with Crippen molar-refractivity contribution >= 4 is 12.0 Å². The highest BCUT2D eigenvalue weighted by atomic mass is 19.1. The highest BCUT2D eigenvalue weighted by Crippen LogP contribution is 2.37. The van der Waals surface area contributed by atoms with Crippen molar-refractivity contribution in [2.24, 2.45) is 0 Å². The fourth-order valence-electron chi connectivity index (χ4n) is 4.19. The molecule has 0 unspecified atom stereocenters. The van der Waals surface area contributed by atoms with Crippen LogP contribution >= 0.6 is 0 Å². The number of aromatic nitrogens is 1. The zero-order valence-corrected chi connectivity index (χ0v) is 16.8. The first kappa shape index (κ1) is 19.9. The Morgan fingerprint density at radius 3 is 2.47 bits per heavy atom. The van der Waals surface area contributed by atoms with E-state index >= 15 is 0 Å². The zero-order valence-electron chi connectivity index (χ0n) is 16.8. The number of fused-ring (bicyclic) bond motifs is 2. The van der Waals surface area contributed by atoms with Crippen molar-refractivity contribution in [3.63, 3.8) is 0 Å². The quantitative estimate of drug-likeness (QED) is 0.331. The van der Waals surface area contributed by atoms with Crippen molar-refractivity contribution in [1.82, 2.24) is 4.98 Å². The molecular weight excluding hydrogens is 383 g/mol. The number of nitrogens with zero attached hydrogens (tertiary/aromatic N) is 2. The van der Waals surface area contributed by atoms with E-state index in [1.165, 1.54) is 18.2 Å². The maximum absolute atomic E-state index is 13.6. The molecule has 0 saturated carbocycles. The van der Waals surface area contributed by atoms with E-state index in [2.05, 4.69) is 0 Å². The predicted molar refractivity (Wildman–Crippen MR) is 112 cm³/mol. The number of nitro groups is 1. The van der Waals surface area contributed by atoms with Gasteiger partial charge < -0.3 is 0 Å². The number of hydrogen-bond acceptors (Lipinski definition) is 4. The molecule has 1 aliphatic carbocycles. The molecule has 1 aromatic heterocycles. The van der Waals surface area contributed by atoms with Crippen LogP contribution in [0.4, 0.5) is 10.1 Å². The van der Waals surface area contributed by atoms with Crippen LogP contribution < -0.4 is 0 Å². The van der Waals surface area contributed by atoms with E-state index in [1.807, 2.05) is 13.8 Å². The lowest BCUT2D eigenvalue weighted by atomic mass is 9.87. The Labute approximate surface area is 173 Å². The third-order valence-electron chi connectivity index (χ3n) is 5.65. The minimum absolute atomic E-state index is 0.0430. The molecule has 5 nitrogen and oxygen atoms in total. The summed E-state index contributed by atoms with van der Waals surface area (Å²) < 4.78 is 13.6. The van der Waals surface area contributed by atoms with Crippen LogP contribution in [0.15, 0.2) is 42.5 Å². The van der Waals surface area contributed by atoms with Crippen LogP contribution in [0, 0.1) is 15.9 Å². The van der Waals surface area contributed by atoms with Gasteiger partial charge in [0.1, 0.15) is 5.82 Å². The Hall–Kier alpha value is -3.41. The van der Waals surface area contributed by atoms with Crippen LogP contribution in [0.25, 0.3) is 11.1 Å². The first-order chi connectivity index (χ1) is 14.4. The van der Waals surface area contributed by atoms with Gasteiger partial charge in [-0.05, 0) is 58.7 Å². The van der Waals surface area contributed by atoms with E-state index in [0.717, 1.165) is 45.5 Å². The summed E-state index contributed by atoms with van der Waals surface area (Å²) in [7, 11) is 0. The third kappa shape index (κ3) is 3.49. The van der Waals surface area contributed by atoms with Gasteiger partial charge in [0.15, 0.2) is 6.29 Å². The highest BCUT2D eigenvalue weighted by molar-refractivity contribution is 5.91. The molecule has 6 heteroatoms. The van der Waals surface area contributed by atoms with E-state index in [0.29, 0.717) is 24.8 Å². The van der Waals surface area contributed by atoms with Gasteiger partial charge in [-0.2, -0.15) is 0 Å². The Kier molecular flexibility index (Phi) is 5.16. The second kappa shape index (κ2) is 7.78. The second-order valence-corrected chi connectivity index (χ2v) is 7.88. The normalized spacial score (nSPS) is 12.8. The van der Waals surface area contributed by atoms with Crippen molar-refractivity contribution in [2.45, 2.75) is 39.0 Å². The fraction of sp³-hybridized carbons (Fsp3) is 0.250. The average Bonchev–Trinajstić information content (AvgIpc) is 2.91. The summed E-state index contributed by atoms with van der Waals surface area (Å²) in [5, 5.41) is 11.3. The number of aryl methyl sites for hydroxylation is 2. The lowest BCUT2D eigenvalue weighted by Crippen LogP contribution is -2.10. The molecule has 1 aliphatic rings. The lowest BCUT2D eigenvalue weighted by Gasteiger charge is -2.20. The van der Waals surface area contributed by atoms with Crippen LogP contribution in [0.5, 0.6) is 0 Å². The molecule has 0 radical (unpaired) electrons. The molecule has 0 bridgehead atoms. The van der Waals surface area contributed by atoms with E-state index in [4.69, 9.17) is 4.98 Å². The number of carbonyl (C=O) groups is 1. The number of rotatable bonds is 4. The molecule has 0 amide bonds.